The van der Waals surface area contributed by atoms with Crippen LogP contribution in [0.5, 0.6) is 0 Å². The van der Waals surface area contributed by atoms with E-state index < -0.39 is 0 Å². The van der Waals surface area contributed by atoms with Gasteiger partial charge in [-0.25, -0.2) is 9.18 Å². The van der Waals surface area contributed by atoms with Crippen molar-refractivity contribution in [3.63, 3.8) is 0 Å². The van der Waals surface area contributed by atoms with Gasteiger partial charge in [0.1, 0.15) is 5.82 Å². The molecule has 1 aliphatic heterocycles. The molecule has 6 heteroatoms. The van der Waals surface area contributed by atoms with E-state index in [-0.39, 0.29) is 29.4 Å². The van der Waals surface area contributed by atoms with E-state index >= 15 is 0 Å². The Hall–Kier alpha value is -1.66. The second-order valence-electron chi connectivity index (χ2n) is 8.03. The highest BCUT2D eigenvalue weighted by molar-refractivity contribution is 5.74. The average Bonchev–Trinajstić information content (AvgIpc) is 3.00. The molecule has 138 valence electrons. The molecule has 0 unspecified atom stereocenters. The molecule has 1 aromatic rings. The average molecular weight is 349 g/mol. The Morgan fingerprint density at radius 1 is 1.40 bits per heavy atom. The summed E-state index contributed by atoms with van der Waals surface area (Å²) in [6.45, 7) is 5.97. The van der Waals surface area contributed by atoms with E-state index in [4.69, 9.17) is 4.74 Å². The van der Waals surface area contributed by atoms with Gasteiger partial charge in [-0.1, -0.05) is 19.9 Å². The lowest BCUT2D eigenvalue weighted by Gasteiger charge is -2.54. The third-order valence-electron chi connectivity index (χ3n) is 5.44. The fourth-order valence-electron chi connectivity index (χ4n) is 4.19. The number of carbonyl (C=O) groups excluding carboxylic acids is 1. The van der Waals surface area contributed by atoms with Crippen molar-refractivity contribution in [1.29, 1.82) is 0 Å². The highest BCUT2D eigenvalue weighted by atomic mass is 19.1. The maximum Gasteiger partial charge on any atom is 0.315 e. The molecule has 2 N–H and O–H groups in total. The van der Waals surface area contributed by atoms with E-state index in [0.717, 1.165) is 18.6 Å². The molecule has 5 nitrogen and oxygen atoms in total. The number of urea groups is 1. The van der Waals surface area contributed by atoms with Crippen LogP contribution in [0, 0.1) is 17.2 Å². The zero-order valence-corrected chi connectivity index (χ0v) is 15.4. The van der Waals surface area contributed by atoms with Crippen LogP contribution in [0.4, 0.5) is 9.18 Å². The first kappa shape index (κ1) is 18.1. The molecule has 0 bridgehead atoms. The van der Waals surface area contributed by atoms with Crippen molar-refractivity contribution < 1.29 is 13.9 Å². The molecule has 3 atom stereocenters. The molecule has 0 radical (unpaired) electrons. The van der Waals surface area contributed by atoms with Gasteiger partial charge in [0, 0.05) is 42.6 Å². The van der Waals surface area contributed by atoms with Gasteiger partial charge in [0.2, 0.25) is 0 Å². The van der Waals surface area contributed by atoms with Crippen molar-refractivity contribution >= 4 is 6.03 Å². The lowest BCUT2D eigenvalue weighted by atomic mass is 9.57. The summed E-state index contributed by atoms with van der Waals surface area (Å²) >= 11 is 0. The SMILES string of the molecule is CN(C)Cc1cc(CNC(=O)N[C@H]2[C@@H]3CCO[C@@H]3C2(C)C)ccc1F. The first-order valence-corrected chi connectivity index (χ1v) is 8.87. The van der Waals surface area contributed by atoms with Gasteiger partial charge in [0.05, 0.1) is 6.10 Å². The number of nitrogens with one attached hydrogen (secondary N) is 2. The molecule has 2 aliphatic rings. The summed E-state index contributed by atoms with van der Waals surface area (Å²) in [4.78, 5) is 14.2. The number of ether oxygens (including phenoxy) is 1. The van der Waals surface area contributed by atoms with Crippen LogP contribution in [0.2, 0.25) is 0 Å². The predicted octanol–water partition coefficient (Wildman–Crippen LogP) is 2.50. The molecule has 0 aromatic heterocycles. The van der Waals surface area contributed by atoms with Gasteiger partial charge >= 0.3 is 6.03 Å². The summed E-state index contributed by atoms with van der Waals surface area (Å²) in [5.41, 5.74) is 1.49. The number of hydrogen-bond donors (Lipinski definition) is 2. The van der Waals surface area contributed by atoms with Crippen LogP contribution in [0.15, 0.2) is 18.2 Å². The molecule has 1 aromatic carbocycles. The van der Waals surface area contributed by atoms with Gasteiger partial charge in [-0.2, -0.15) is 0 Å². The van der Waals surface area contributed by atoms with Crippen LogP contribution in [0.3, 0.4) is 0 Å². The van der Waals surface area contributed by atoms with Crippen molar-refractivity contribution in [3.8, 4) is 0 Å². The van der Waals surface area contributed by atoms with Crippen LogP contribution < -0.4 is 10.6 Å². The fourth-order valence-corrected chi connectivity index (χ4v) is 4.19. The third kappa shape index (κ3) is 3.65. The number of rotatable bonds is 5. The number of halogens is 1. The molecular formula is C19H28FN3O2. The van der Waals surface area contributed by atoms with Crippen LogP contribution >= 0.6 is 0 Å². The molecule has 1 saturated heterocycles. The van der Waals surface area contributed by atoms with E-state index in [0.29, 0.717) is 24.6 Å². The molecule has 1 aliphatic carbocycles. The molecule has 0 spiro atoms. The van der Waals surface area contributed by atoms with E-state index in [9.17, 15) is 9.18 Å². The maximum atomic E-state index is 13.8. The van der Waals surface area contributed by atoms with Gasteiger partial charge in [-0.15, -0.1) is 0 Å². The van der Waals surface area contributed by atoms with Crippen LogP contribution in [0.1, 0.15) is 31.4 Å². The van der Waals surface area contributed by atoms with Crippen molar-refractivity contribution in [1.82, 2.24) is 15.5 Å². The minimum Gasteiger partial charge on any atom is -0.377 e. The molecule has 1 saturated carbocycles. The van der Waals surface area contributed by atoms with Crippen molar-refractivity contribution in [3.05, 3.63) is 35.1 Å². The Balaban J connectivity index is 1.54. The molecule has 3 rings (SSSR count). The number of hydrogen-bond acceptors (Lipinski definition) is 3. The Kier molecular flexibility index (Phi) is 5.02. The lowest BCUT2D eigenvalue weighted by molar-refractivity contribution is -0.108. The van der Waals surface area contributed by atoms with Gasteiger partial charge < -0.3 is 20.3 Å². The van der Waals surface area contributed by atoms with Crippen molar-refractivity contribution in [2.45, 2.75) is 45.5 Å². The van der Waals surface area contributed by atoms with E-state index in [1.165, 1.54) is 6.07 Å². The summed E-state index contributed by atoms with van der Waals surface area (Å²) in [6.07, 6.45) is 1.26. The first-order chi connectivity index (χ1) is 11.8. The Labute approximate surface area is 148 Å². The topological polar surface area (TPSA) is 53.6 Å². The molecule has 2 fully saturated rings. The summed E-state index contributed by atoms with van der Waals surface area (Å²) in [7, 11) is 3.80. The fraction of sp³-hybridized carbons (Fsp3) is 0.632. The molecule has 25 heavy (non-hydrogen) atoms. The van der Waals surface area contributed by atoms with Gasteiger partial charge in [0.25, 0.3) is 0 Å². The Bertz CT molecular complexity index is 648. The normalized spacial score (nSPS) is 26.9. The van der Waals surface area contributed by atoms with Gasteiger partial charge in [-0.3, -0.25) is 0 Å². The highest BCUT2D eigenvalue weighted by Gasteiger charge is 2.59. The summed E-state index contributed by atoms with van der Waals surface area (Å²) in [5, 5.41) is 5.98. The van der Waals surface area contributed by atoms with Crippen LogP contribution in [-0.2, 0) is 17.8 Å². The standard InChI is InChI=1S/C19H28FN3O2/c1-19(2)16(14-7-8-25-17(14)19)22-18(24)21-10-12-5-6-15(20)13(9-12)11-23(3)4/h5-6,9,14,16-17H,7-8,10-11H2,1-4H3,(H2,21,22,24)/t14-,16-,17-/m0/s1. The van der Waals surface area contributed by atoms with Crippen molar-refractivity contribution in [2.75, 3.05) is 20.7 Å². The maximum absolute atomic E-state index is 13.8. The number of fused-ring (bicyclic) bond motifs is 1. The number of carbonyl (C=O) groups is 1. The third-order valence-corrected chi connectivity index (χ3v) is 5.44. The number of amides is 2. The van der Waals surface area contributed by atoms with E-state index in [1.807, 2.05) is 25.1 Å². The van der Waals surface area contributed by atoms with Crippen molar-refractivity contribution in [2.24, 2.45) is 11.3 Å². The summed E-state index contributed by atoms with van der Waals surface area (Å²) in [5.74, 6) is 0.198. The number of nitrogens with zero attached hydrogens (tertiary/aromatic N) is 1. The minimum atomic E-state index is -0.217. The molecule has 2 amide bonds. The molecular weight excluding hydrogens is 321 g/mol. The largest absolute Gasteiger partial charge is 0.377 e. The smallest absolute Gasteiger partial charge is 0.315 e. The van der Waals surface area contributed by atoms with Crippen LogP contribution in [-0.4, -0.2) is 43.8 Å². The Morgan fingerprint density at radius 2 is 2.16 bits per heavy atom. The zero-order chi connectivity index (χ0) is 18.2. The number of benzene rings is 1. The quantitative estimate of drug-likeness (QED) is 0.859. The van der Waals surface area contributed by atoms with E-state index in [2.05, 4.69) is 24.5 Å². The van der Waals surface area contributed by atoms with Crippen LogP contribution in [0.25, 0.3) is 0 Å². The minimum absolute atomic E-state index is 0.0345. The molecule has 1 heterocycles. The lowest BCUT2D eigenvalue weighted by Crippen LogP contribution is -2.67. The highest BCUT2D eigenvalue weighted by Crippen LogP contribution is 2.52. The zero-order valence-electron chi connectivity index (χ0n) is 15.4. The second kappa shape index (κ2) is 6.92. The predicted molar refractivity (Wildman–Crippen MR) is 94.6 cm³/mol. The van der Waals surface area contributed by atoms with Gasteiger partial charge in [-0.05, 0) is 38.2 Å². The first-order valence-electron chi connectivity index (χ1n) is 8.87. The monoisotopic (exact) mass is 349 g/mol. The second-order valence-corrected chi connectivity index (χ2v) is 8.03. The summed E-state index contributed by atoms with van der Waals surface area (Å²) in [6, 6.07) is 4.94. The van der Waals surface area contributed by atoms with Gasteiger partial charge in [0.15, 0.2) is 0 Å². The summed E-state index contributed by atoms with van der Waals surface area (Å²) < 4.78 is 19.6. The van der Waals surface area contributed by atoms with E-state index in [1.54, 1.807) is 6.07 Å². The Morgan fingerprint density at radius 3 is 2.88 bits per heavy atom.